The molecule has 0 spiro atoms. The monoisotopic (exact) mass is 281 g/mol. The van der Waals surface area contributed by atoms with Crippen LogP contribution in [0.1, 0.15) is 19.4 Å². The summed E-state index contributed by atoms with van der Waals surface area (Å²) in [6.45, 7) is 4.88. The Bertz CT molecular complexity index is 423. The van der Waals surface area contributed by atoms with E-state index in [4.69, 9.17) is 22.8 Å². The summed E-state index contributed by atoms with van der Waals surface area (Å²) in [5.74, 6) is 2.61. The van der Waals surface area contributed by atoms with E-state index in [2.05, 4.69) is 11.2 Å². The van der Waals surface area contributed by atoms with Gasteiger partial charge in [0.05, 0.1) is 24.9 Å². The third kappa shape index (κ3) is 6.60. The Kier molecular flexibility index (Phi) is 6.33. The van der Waals surface area contributed by atoms with Crippen LogP contribution in [-0.2, 0) is 11.3 Å². The lowest BCUT2D eigenvalue weighted by Gasteiger charge is -2.21. The van der Waals surface area contributed by atoms with Crippen molar-refractivity contribution in [3.8, 4) is 12.3 Å². The fourth-order valence-electron chi connectivity index (χ4n) is 1.38. The molecule has 0 saturated carbocycles. The Balaban J connectivity index is 2.22. The number of halogens is 1. The lowest BCUT2D eigenvalue weighted by molar-refractivity contribution is 0.0270. The van der Waals surface area contributed by atoms with Gasteiger partial charge in [0.15, 0.2) is 0 Å². The molecule has 1 rings (SSSR count). The van der Waals surface area contributed by atoms with E-state index < -0.39 is 11.6 Å². The number of hydrogen-bond donors (Lipinski definition) is 2. The van der Waals surface area contributed by atoms with Gasteiger partial charge in [0.1, 0.15) is 0 Å². The topological polar surface area (TPSA) is 41.5 Å². The summed E-state index contributed by atoms with van der Waals surface area (Å²) in [7, 11) is 0. The van der Waals surface area contributed by atoms with Crippen molar-refractivity contribution in [1.29, 1.82) is 0 Å². The van der Waals surface area contributed by atoms with Crippen molar-refractivity contribution in [2.45, 2.75) is 32.1 Å². The fraction of sp³-hybridized carbons (Fsp3) is 0.467. The molecule has 0 saturated heterocycles. The van der Waals surface area contributed by atoms with Gasteiger partial charge in [0.2, 0.25) is 0 Å². The number of benzene rings is 1. The highest BCUT2D eigenvalue weighted by Gasteiger charge is 2.14. The Hall–Kier alpha value is -1.05. The van der Waals surface area contributed by atoms with Crippen LogP contribution in [0, 0.1) is 12.3 Å². The van der Waals surface area contributed by atoms with Crippen LogP contribution >= 0.6 is 11.6 Å². The van der Waals surface area contributed by atoms with Crippen LogP contribution in [0.2, 0.25) is 5.02 Å². The van der Waals surface area contributed by atoms with Gasteiger partial charge in [-0.1, -0.05) is 29.7 Å². The van der Waals surface area contributed by atoms with Gasteiger partial charge in [-0.2, -0.15) is 0 Å². The largest absolute Gasteiger partial charge is 0.389 e. The highest BCUT2D eigenvalue weighted by molar-refractivity contribution is 6.30. The van der Waals surface area contributed by atoms with Crippen LogP contribution in [0.25, 0.3) is 0 Å². The van der Waals surface area contributed by atoms with Gasteiger partial charge >= 0.3 is 0 Å². The Labute approximate surface area is 119 Å². The normalized spacial score (nSPS) is 13.0. The summed E-state index contributed by atoms with van der Waals surface area (Å²) in [5.41, 5.74) is 0.602. The van der Waals surface area contributed by atoms with Crippen molar-refractivity contribution >= 4 is 11.6 Å². The summed E-state index contributed by atoms with van der Waals surface area (Å²) in [6.07, 6.45) is 4.76. The quantitative estimate of drug-likeness (QED) is 0.753. The highest BCUT2D eigenvalue weighted by Crippen LogP contribution is 2.10. The van der Waals surface area contributed by atoms with Gasteiger partial charge in [0.25, 0.3) is 0 Å². The first-order valence-electron chi connectivity index (χ1n) is 6.16. The Morgan fingerprint density at radius 2 is 2.05 bits per heavy atom. The number of aliphatic hydroxyl groups is 1. The zero-order valence-electron chi connectivity index (χ0n) is 11.3. The molecular weight excluding hydrogens is 262 g/mol. The average Bonchev–Trinajstić information content (AvgIpc) is 2.39. The molecule has 0 aliphatic heterocycles. The summed E-state index contributed by atoms with van der Waals surface area (Å²) in [4.78, 5) is 0. The smallest absolute Gasteiger partial charge is 0.0898 e. The molecule has 0 aromatic heterocycles. The van der Waals surface area contributed by atoms with Gasteiger partial charge in [0, 0.05) is 11.6 Å². The molecule has 0 aliphatic carbocycles. The first-order valence-corrected chi connectivity index (χ1v) is 6.54. The molecule has 2 N–H and O–H groups in total. The summed E-state index contributed by atoms with van der Waals surface area (Å²) >= 11 is 5.79. The van der Waals surface area contributed by atoms with Crippen molar-refractivity contribution in [2.24, 2.45) is 0 Å². The minimum absolute atomic E-state index is 0.260. The Morgan fingerprint density at radius 1 is 1.42 bits per heavy atom. The maximum atomic E-state index is 9.75. The highest BCUT2D eigenvalue weighted by atomic mass is 35.5. The molecule has 0 fully saturated rings. The predicted molar refractivity (Wildman–Crippen MR) is 78.0 cm³/mol. The maximum absolute atomic E-state index is 9.75. The molecule has 0 heterocycles. The molecule has 1 unspecified atom stereocenters. The third-order valence-electron chi connectivity index (χ3n) is 2.63. The van der Waals surface area contributed by atoms with E-state index in [0.717, 1.165) is 5.56 Å². The number of terminal acetylenes is 1. The van der Waals surface area contributed by atoms with Crippen LogP contribution in [0.3, 0.4) is 0 Å². The molecule has 0 bridgehead atoms. The van der Waals surface area contributed by atoms with Gasteiger partial charge < -0.3 is 9.84 Å². The Morgan fingerprint density at radius 3 is 2.63 bits per heavy atom. The maximum Gasteiger partial charge on any atom is 0.0898 e. The molecule has 0 aliphatic rings. The van der Waals surface area contributed by atoms with E-state index in [1.165, 1.54) is 0 Å². The van der Waals surface area contributed by atoms with E-state index in [9.17, 15) is 5.11 Å². The minimum atomic E-state index is -0.583. The van der Waals surface area contributed by atoms with Crippen LogP contribution in [0.4, 0.5) is 0 Å². The molecule has 104 valence electrons. The number of hydrogen-bond acceptors (Lipinski definition) is 3. The minimum Gasteiger partial charge on any atom is -0.389 e. The molecule has 4 heteroatoms. The van der Waals surface area contributed by atoms with E-state index >= 15 is 0 Å². The van der Waals surface area contributed by atoms with Crippen molar-refractivity contribution in [1.82, 2.24) is 5.32 Å². The zero-order chi connectivity index (χ0) is 14.3. The van der Waals surface area contributed by atoms with Crippen LogP contribution in [-0.4, -0.2) is 29.9 Å². The number of ether oxygens (including phenoxy) is 1. The third-order valence-corrected chi connectivity index (χ3v) is 2.88. The lowest BCUT2D eigenvalue weighted by atomic mass is 10.1. The number of rotatable bonds is 7. The van der Waals surface area contributed by atoms with Crippen LogP contribution < -0.4 is 5.32 Å². The van der Waals surface area contributed by atoms with Crippen molar-refractivity contribution in [3.63, 3.8) is 0 Å². The molecular formula is C15H20ClNO2. The number of β-amino-alcohol motifs (C(OH)–C–C–N with tert-alkyl or cyclic N) is 1. The number of nitrogens with one attached hydrogen (secondary N) is 1. The SMILES string of the molecule is C#CC(C)(C)NCC(O)COCc1ccc(Cl)cc1. The molecule has 19 heavy (non-hydrogen) atoms. The van der Waals surface area contributed by atoms with E-state index in [1.54, 1.807) is 0 Å². The van der Waals surface area contributed by atoms with Crippen molar-refractivity contribution in [3.05, 3.63) is 34.9 Å². The molecule has 0 amide bonds. The second kappa shape index (κ2) is 7.52. The van der Waals surface area contributed by atoms with Gasteiger partial charge in [-0.3, -0.25) is 5.32 Å². The molecule has 1 aromatic carbocycles. The van der Waals surface area contributed by atoms with Crippen molar-refractivity contribution < 1.29 is 9.84 Å². The predicted octanol–water partition coefficient (Wildman–Crippen LogP) is 2.22. The van der Waals surface area contributed by atoms with E-state index in [1.807, 2.05) is 38.1 Å². The van der Waals surface area contributed by atoms with E-state index in [-0.39, 0.29) is 6.61 Å². The molecule has 3 nitrogen and oxygen atoms in total. The fourth-order valence-corrected chi connectivity index (χ4v) is 1.50. The molecule has 1 aromatic rings. The number of aliphatic hydroxyl groups excluding tert-OH is 1. The molecule has 0 radical (unpaired) electrons. The van der Waals surface area contributed by atoms with Crippen molar-refractivity contribution in [2.75, 3.05) is 13.2 Å². The van der Waals surface area contributed by atoms with Gasteiger partial charge in [-0.05, 0) is 31.5 Å². The summed E-state index contributed by atoms with van der Waals surface area (Å²) in [5, 5.41) is 13.5. The second-order valence-electron chi connectivity index (χ2n) is 4.95. The van der Waals surface area contributed by atoms with E-state index in [0.29, 0.717) is 18.2 Å². The average molecular weight is 282 g/mol. The zero-order valence-corrected chi connectivity index (χ0v) is 12.1. The standard InChI is InChI=1S/C15H20ClNO2/c1-4-15(2,3)17-9-14(18)11-19-10-12-5-7-13(16)8-6-12/h1,5-8,14,17-18H,9-11H2,2-3H3. The lowest BCUT2D eigenvalue weighted by Crippen LogP contribution is -2.43. The van der Waals surface area contributed by atoms with Crippen LogP contribution in [0.5, 0.6) is 0 Å². The van der Waals surface area contributed by atoms with Gasteiger partial charge in [-0.15, -0.1) is 6.42 Å². The summed E-state index contributed by atoms with van der Waals surface area (Å²) < 4.78 is 5.44. The first kappa shape index (κ1) is 16.0. The van der Waals surface area contributed by atoms with Crippen LogP contribution in [0.15, 0.2) is 24.3 Å². The second-order valence-corrected chi connectivity index (χ2v) is 5.38. The first-order chi connectivity index (χ1) is 8.93. The summed E-state index contributed by atoms with van der Waals surface area (Å²) in [6, 6.07) is 7.42. The van der Waals surface area contributed by atoms with Gasteiger partial charge in [-0.25, -0.2) is 0 Å². The molecule has 1 atom stereocenters.